The minimum absolute atomic E-state index is 0.0983. The Balaban J connectivity index is 1.73. The molecule has 0 bridgehead atoms. The molecule has 1 amide bonds. The highest BCUT2D eigenvalue weighted by Gasteiger charge is 2.37. The van der Waals surface area contributed by atoms with Gasteiger partial charge in [-0.05, 0) is 61.2 Å². The number of carbonyl (C=O) groups is 1. The summed E-state index contributed by atoms with van der Waals surface area (Å²) < 4.78 is 13.5. The van der Waals surface area contributed by atoms with Gasteiger partial charge in [0.15, 0.2) is 0 Å². The smallest absolute Gasteiger partial charge is 0.272 e. The van der Waals surface area contributed by atoms with Gasteiger partial charge >= 0.3 is 0 Å². The summed E-state index contributed by atoms with van der Waals surface area (Å²) in [4.78, 5) is 22.4. The zero-order chi connectivity index (χ0) is 19.4. The van der Waals surface area contributed by atoms with Crippen molar-refractivity contribution in [1.29, 1.82) is 0 Å². The number of thiophene rings is 2. The summed E-state index contributed by atoms with van der Waals surface area (Å²) in [5, 5.41) is 6.56. The van der Waals surface area contributed by atoms with Crippen LogP contribution in [0.2, 0.25) is 0 Å². The van der Waals surface area contributed by atoms with E-state index in [-0.39, 0.29) is 17.9 Å². The van der Waals surface area contributed by atoms with Crippen LogP contribution in [0.25, 0.3) is 10.2 Å². The first kappa shape index (κ1) is 17.3. The molecule has 28 heavy (non-hydrogen) atoms. The minimum atomic E-state index is -0.357. The molecule has 1 N–H and O–H groups in total. The third-order valence-corrected chi connectivity index (χ3v) is 6.85. The Morgan fingerprint density at radius 3 is 2.68 bits per heavy atom. The number of hydrogen-bond acceptors (Lipinski definition) is 5. The Morgan fingerprint density at radius 2 is 1.96 bits per heavy atom. The summed E-state index contributed by atoms with van der Waals surface area (Å²) in [6.45, 7) is 4.00. The maximum Gasteiger partial charge on any atom is 0.272 e. The number of benzene rings is 1. The zero-order valence-corrected chi connectivity index (χ0v) is 16.8. The van der Waals surface area contributed by atoms with Crippen LogP contribution in [0.3, 0.4) is 0 Å². The highest BCUT2D eigenvalue weighted by molar-refractivity contribution is 7.21. The second kappa shape index (κ2) is 6.39. The Labute approximate surface area is 169 Å². The molecule has 4 nitrogen and oxygen atoms in total. The summed E-state index contributed by atoms with van der Waals surface area (Å²) in [6, 6.07) is 12.0. The fraction of sp³-hybridized carbons (Fsp3) is 0.143. The molecule has 1 aliphatic heterocycles. The number of rotatable bonds is 2. The van der Waals surface area contributed by atoms with Crippen LogP contribution in [0.1, 0.15) is 32.0 Å². The number of aryl methyl sites for hydroxylation is 2. The predicted octanol–water partition coefficient (Wildman–Crippen LogP) is 5.88. The Morgan fingerprint density at radius 1 is 1.18 bits per heavy atom. The number of nitrogens with one attached hydrogen (secondary N) is 1. The van der Waals surface area contributed by atoms with Gasteiger partial charge in [0.05, 0.1) is 5.69 Å². The van der Waals surface area contributed by atoms with Gasteiger partial charge in [0, 0.05) is 21.6 Å². The van der Waals surface area contributed by atoms with Crippen molar-refractivity contribution in [3.63, 3.8) is 0 Å². The number of carbonyl (C=O) groups excluding carboxylic acids is 1. The lowest BCUT2D eigenvalue weighted by molar-refractivity contribution is 0.0979. The van der Waals surface area contributed by atoms with Crippen LogP contribution in [0, 0.1) is 19.7 Å². The summed E-state index contributed by atoms with van der Waals surface area (Å²) >= 11 is 2.98. The van der Waals surface area contributed by atoms with E-state index in [1.165, 1.54) is 23.5 Å². The highest BCUT2D eigenvalue weighted by atomic mass is 32.1. The van der Waals surface area contributed by atoms with E-state index >= 15 is 0 Å². The first-order valence-corrected chi connectivity index (χ1v) is 10.5. The largest absolute Gasteiger partial charge is 0.359 e. The standard InChI is InChI=1S/C21H16FN3OS2/c1-11-10-12(2)23-20-16(11)17-18(28-20)21(26)25(14-7-5-13(22)6-8-14)19(24-17)15-4-3-9-27-15/h3-10,19,24H,1-2H3/t19-/m0/s1. The quantitative estimate of drug-likeness (QED) is 0.449. The molecule has 1 aliphatic rings. The first-order chi connectivity index (χ1) is 13.5. The number of anilines is 2. The van der Waals surface area contributed by atoms with Crippen LogP contribution in [0.4, 0.5) is 15.8 Å². The second-order valence-corrected chi connectivity index (χ2v) is 8.76. The summed E-state index contributed by atoms with van der Waals surface area (Å²) in [5.74, 6) is -0.425. The molecule has 4 heterocycles. The van der Waals surface area contributed by atoms with Gasteiger partial charge < -0.3 is 5.32 Å². The molecule has 7 heteroatoms. The molecule has 5 rings (SSSR count). The van der Waals surface area contributed by atoms with Gasteiger partial charge in [-0.2, -0.15) is 0 Å². The van der Waals surface area contributed by atoms with E-state index < -0.39 is 0 Å². The van der Waals surface area contributed by atoms with Gasteiger partial charge in [0.25, 0.3) is 5.91 Å². The van der Waals surface area contributed by atoms with Gasteiger partial charge in [-0.1, -0.05) is 6.07 Å². The summed E-state index contributed by atoms with van der Waals surface area (Å²) in [5.41, 5.74) is 3.52. The maximum atomic E-state index is 13.6. The third kappa shape index (κ3) is 2.62. The van der Waals surface area contributed by atoms with E-state index in [1.54, 1.807) is 28.4 Å². The van der Waals surface area contributed by atoms with E-state index in [1.807, 2.05) is 37.4 Å². The van der Waals surface area contributed by atoms with Crippen LogP contribution < -0.4 is 10.2 Å². The molecule has 1 atom stereocenters. The van der Waals surface area contributed by atoms with E-state index in [2.05, 4.69) is 10.3 Å². The van der Waals surface area contributed by atoms with Crippen LogP contribution >= 0.6 is 22.7 Å². The van der Waals surface area contributed by atoms with E-state index in [4.69, 9.17) is 0 Å². The van der Waals surface area contributed by atoms with E-state index in [9.17, 15) is 9.18 Å². The third-order valence-electron chi connectivity index (χ3n) is 4.86. The molecule has 0 saturated carbocycles. The van der Waals surface area contributed by atoms with Crippen molar-refractivity contribution >= 4 is 50.2 Å². The van der Waals surface area contributed by atoms with E-state index in [0.29, 0.717) is 10.6 Å². The molecule has 1 aromatic carbocycles. The second-order valence-electron chi connectivity index (χ2n) is 6.78. The van der Waals surface area contributed by atoms with Crippen molar-refractivity contribution in [2.45, 2.75) is 20.0 Å². The zero-order valence-electron chi connectivity index (χ0n) is 15.2. The molecule has 3 aromatic heterocycles. The van der Waals surface area contributed by atoms with Gasteiger partial charge in [0.2, 0.25) is 0 Å². The minimum Gasteiger partial charge on any atom is -0.359 e. The van der Waals surface area contributed by atoms with Crippen LogP contribution in [0.5, 0.6) is 0 Å². The number of halogens is 1. The Hall–Kier alpha value is -2.77. The van der Waals surface area contributed by atoms with Crippen LogP contribution in [-0.4, -0.2) is 10.9 Å². The number of nitrogens with zero attached hydrogens (tertiary/aromatic N) is 2. The number of hydrogen-bond donors (Lipinski definition) is 1. The molecule has 0 spiro atoms. The lowest BCUT2D eigenvalue weighted by Crippen LogP contribution is -2.42. The average molecular weight is 410 g/mol. The van der Waals surface area contributed by atoms with Crippen LogP contribution in [-0.2, 0) is 0 Å². The predicted molar refractivity (Wildman–Crippen MR) is 113 cm³/mol. The lowest BCUT2D eigenvalue weighted by atomic mass is 10.1. The summed E-state index contributed by atoms with van der Waals surface area (Å²) in [7, 11) is 0. The molecule has 0 unspecified atom stereocenters. The topological polar surface area (TPSA) is 45.2 Å². The van der Waals surface area contributed by atoms with Crippen molar-refractivity contribution in [3.8, 4) is 0 Å². The molecule has 0 saturated heterocycles. The maximum absolute atomic E-state index is 13.6. The number of aromatic nitrogens is 1. The average Bonchev–Trinajstić information content (AvgIpc) is 3.30. The Kier molecular flexibility index (Phi) is 3.96. The number of pyridine rings is 1. The van der Waals surface area contributed by atoms with Gasteiger partial charge in [-0.15, -0.1) is 22.7 Å². The monoisotopic (exact) mass is 409 g/mol. The van der Waals surface area contributed by atoms with Gasteiger partial charge in [-0.3, -0.25) is 9.69 Å². The van der Waals surface area contributed by atoms with Crippen molar-refractivity contribution in [2.24, 2.45) is 0 Å². The SMILES string of the molecule is Cc1cc(C)c2c3c(sc2n1)C(=O)N(c1ccc(F)cc1)[C@@H](c1cccs1)N3. The fourth-order valence-corrected chi connectivity index (χ4v) is 5.63. The van der Waals surface area contributed by atoms with Gasteiger partial charge in [-0.25, -0.2) is 9.37 Å². The normalized spacial score (nSPS) is 16.3. The Bertz CT molecular complexity index is 1200. The van der Waals surface area contributed by atoms with Crippen molar-refractivity contribution < 1.29 is 9.18 Å². The van der Waals surface area contributed by atoms with Crippen molar-refractivity contribution in [2.75, 3.05) is 10.2 Å². The summed E-state index contributed by atoms with van der Waals surface area (Å²) in [6.07, 6.45) is -0.357. The van der Waals surface area contributed by atoms with Crippen molar-refractivity contribution in [3.05, 3.63) is 74.7 Å². The molecule has 140 valence electrons. The van der Waals surface area contributed by atoms with Crippen molar-refractivity contribution in [1.82, 2.24) is 4.98 Å². The lowest BCUT2D eigenvalue weighted by Gasteiger charge is -2.36. The number of amides is 1. The molecule has 4 aromatic rings. The first-order valence-electron chi connectivity index (χ1n) is 8.83. The molecule has 0 fully saturated rings. The number of fused-ring (bicyclic) bond motifs is 3. The fourth-order valence-electron chi connectivity index (χ4n) is 3.67. The highest BCUT2D eigenvalue weighted by Crippen LogP contribution is 2.45. The molecular weight excluding hydrogens is 393 g/mol. The molecular formula is C21H16FN3OS2. The van der Waals surface area contributed by atoms with Gasteiger partial charge in [0.1, 0.15) is 21.7 Å². The van der Waals surface area contributed by atoms with Crippen LogP contribution in [0.15, 0.2) is 47.8 Å². The molecule has 0 aliphatic carbocycles. The van der Waals surface area contributed by atoms with E-state index in [0.717, 1.165) is 32.0 Å². The molecule has 0 radical (unpaired) electrons.